The first kappa shape index (κ1) is 32.8. The van der Waals surface area contributed by atoms with Gasteiger partial charge in [0.2, 0.25) is 0 Å². The summed E-state index contributed by atoms with van der Waals surface area (Å²) in [7, 11) is 0. The third-order valence-corrected chi connectivity index (χ3v) is 12.1. The predicted molar refractivity (Wildman–Crippen MR) is 246 cm³/mol. The van der Waals surface area contributed by atoms with Crippen LogP contribution in [0.25, 0.3) is 122 Å². The fourth-order valence-electron chi connectivity index (χ4n) is 9.40. The smallest absolute Gasteiger partial charge is 0.164 e. The van der Waals surface area contributed by atoms with Crippen molar-refractivity contribution in [1.82, 2.24) is 28.9 Å². The molecule has 278 valence electrons. The first-order valence-corrected chi connectivity index (χ1v) is 20.2. The summed E-state index contributed by atoms with van der Waals surface area (Å²) in [4.78, 5) is 20.7. The van der Waals surface area contributed by atoms with Crippen molar-refractivity contribution in [2.75, 3.05) is 0 Å². The van der Waals surface area contributed by atoms with Gasteiger partial charge in [0.25, 0.3) is 0 Å². The molecule has 0 saturated heterocycles. The number of benzene rings is 9. The topological polar surface area (TPSA) is 60.9 Å². The van der Waals surface area contributed by atoms with Gasteiger partial charge in [-0.2, -0.15) is 0 Å². The molecule has 13 rings (SSSR count). The summed E-state index contributed by atoms with van der Waals surface area (Å²) in [6.07, 6.45) is 0. The van der Waals surface area contributed by atoms with Crippen LogP contribution in [0.15, 0.2) is 194 Å². The lowest BCUT2D eigenvalue weighted by atomic mass is 10.0. The molecule has 13 aromatic rings. The van der Waals surface area contributed by atoms with Gasteiger partial charge < -0.3 is 4.57 Å². The number of rotatable bonds is 5. The van der Waals surface area contributed by atoms with Crippen molar-refractivity contribution in [2.45, 2.75) is 0 Å². The maximum Gasteiger partial charge on any atom is 0.164 e. The van der Waals surface area contributed by atoms with Crippen LogP contribution in [0.5, 0.6) is 0 Å². The minimum absolute atomic E-state index is 0.624. The maximum absolute atomic E-state index is 5.50. The van der Waals surface area contributed by atoms with Gasteiger partial charge in [0, 0.05) is 54.9 Å². The van der Waals surface area contributed by atoms with Gasteiger partial charge in [0.05, 0.1) is 27.6 Å². The monoisotopic (exact) mass is 764 g/mol. The summed E-state index contributed by atoms with van der Waals surface area (Å²) in [5.74, 6) is 2.84. The molecule has 0 atom stereocenters. The lowest BCUT2D eigenvalue weighted by Crippen LogP contribution is -2.00. The zero-order valence-electron chi connectivity index (χ0n) is 32.2. The van der Waals surface area contributed by atoms with Gasteiger partial charge in [0.1, 0.15) is 5.82 Å². The Hall–Kier alpha value is -8.22. The van der Waals surface area contributed by atoms with E-state index in [9.17, 15) is 0 Å². The second kappa shape index (κ2) is 12.6. The quantitative estimate of drug-likeness (QED) is 0.175. The van der Waals surface area contributed by atoms with Crippen molar-refractivity contribution in [1.29, 1.82) is 0 Å². The highest BCUT2D eigenvalue weighted by atomic mass is 15.1. The molecule has 6 heteroatoms. The Morgan fingerprint density at radius 2 is 0.900 bits per heavy atom. The number of aromatic nitrogens is 6. The molecule has 0 amide bonds. The molecule has 4 heterocycles. The van der Waals surface area contributed by atoms with E-state index in [0.29, 0.717) is 17.5 Å². The molecule has 0 unspecified atom stereocenters. The number of hydrogen-bond acceptors (Lipinski definition) is 4. The van der Waals surface area contributed by atoms with Gasteiger partial charge in [-0.1, -0.05) is 152 Å². The van der Waals surface area contributed by atoms with Crippen molar-refractivity contribution >= 4 is 70.7 Å². The van der Waals surface area contributed by atoms with E-state index in [1.165, 1.54) is 26.9 Å². The second-order valence-corrected chi connectivity index (χ2v) is 15.4. The summed E-state index contributed by atoms with van der Waals surface area (Å²) in [6, 6.07) is 68.4. The predicted octanol–water partition coefficient (Wildman–Crippen LogP) is 13.3. The van der Waals surface area contributed by atoms with Crippen LogP contribution in [0.2, 0.25) is 0 Å². The number of hydrogen-bond donors (Lipinski definition) is 0. The lowest BCUT2D eigenvalue weighted by molar-refractivity contribution is 1.07. The zero-order chi connectivity index (χ0) is 39.3. The molecule has 0 fully saturated rings. The van der Waals surface area contributed by atoms with Gasteiger partial charge in [-0.15, -0.1) is 0 Å². The van der Waals surface area contributed by atoms with E-state index in [2.05, 4.69) is 173 Å². The van der Waals surface area contributed by atoms with Crippen molar-refractivity contribution in [3.63, 3.8) is 0 Å². The molecule has 0 aliphatic carbocycles. The van der Waals surface area contributed by atoms with Crippen LogP contribution in [-0.2, 0) is 0 Å². The summed E-state index contributed by atoms with van der Waals surface area (Å²) < 4.78 is 4.84. The van der Waals surface area contributed by atoms with Crippen LogP contribution in [0.1, 0.15) is 0 Å². The van der Waals surface area contributed by atoms with Crippen LogP contribution in [0.4, 0.5) is 0 Å². The van der Waals surface area contributed by atoms with Crippen molar-refractivity contribution in [3.8, 4) is 51.2 Å². The van der Waals surface area contributed by atoms with Crippen LogP contribution >= 0.6 is 0 Å². The van der Waals surface area contributed by atoms with Gasteiger partial charge >= 0.3 is 0 Å². The summed E-state index contributed by atoms with van der Waals surface area (Å²) in [5.41, 5.74) is 10.5. The van der Waals surface area contributed by atoms with E-state index in [4.69, 9.17) is 19.9 Å². The normalized spacial score (nSPS) is 12.0. The van der Waals surface area contributed by atoms with Crippen LogP contribution < -0.4 is 0 Å². The summed E-state index contributed by atoms with van der Waals surface area (Å²) in [6.45, 7) is 0. The molecule has 0 saturated carbocycles. The zero-order valence-corrected chi connectivity index (χ0v) is 32.2. The van der Waals surface area contributed by atoms with Gasteiger partial charge in [0.15, 0.2) is 17.5 Å². The largest absolute Gasteiger partial charge is 0.309 e. The van der Waals surface area contributed by atoms with Crippen LogP contribution in [0.3, 0.4) is 0 Å². The standard InChI is InChI=1S/C54H32N6/c1-3-15-34(16-4-1)51-56-52(58-53(57-51)38-27-26-33-14-7-8-19-37(33)32-38)35-28-30-39(31-29-35)59-45-25-13-23-41-40-20-11-12-24-44(40)60-50-47(46(41)45)49(59)43-22-10-9-21-42(43)48(50)55-54(60)36-17-5-2-6-18-36/h1-32H. The Kier molecular flexibility index (Phi) is 6.91. The molecule has 0 N–H and O–H groups in total. The molecule has 6 nitrogen and oxygen atoms in total. The van der Waals surface area contributed by atoms with Gasteiger partial charge in [-0.25, -0.2) is 19.9 Å². The van der Waals surface area contributed by atoms with Crippen molar-refractivity contribution in [3.05, 3.63) is 194 Å². The third-order valence-electron chi connectivity index (χ3n) is 12.1. The molecule has 60 heavy (non-hydrogen) atoms. The molecule has 0 bridgehead atoms. The lowest BCUT2D eigenvalue weighted by Gasteiger charge is -2.13. The van der Waals surface area contributed by atoms with Gasteiger partial charge in [-0.05, 0) is 58.6 Å². The Balaban J connectivity index is 1.07. The molecular formula is C54H32N6. The SMILES string of the molecule is c1ccc(-c2nc(-c3ccc(-n4c5cccc6c7ccccc7n7c(-c8ccccc8)nc8c9ccccc9c4c(c65)c87)cc3)nc(-c3ccc4ccccc4c3)n2)cc1. The molecule has 9 aromatic carbocycles. The number of imidazole rings is 1. The maximum atomic E-state index is 5.50. The van der Waals surface area contributed by atoms with E-state index in [1.807, 2.05) is 30.3 Å². The van der Waals surface area contributed by atoms with E-state index in [0.717, 1.165) is 77.5 Å². The molecule has 0 spiro atoms. The summed E-state index contributed by atoms with van der Waals surface area (Å²) >= 11 is 0. The number of para-hydroxylation sites is 1. The average molecular weight is 765 g/mol. The average Bonchev–Trinajstić information content (AvgIpc) is 3.86. The third kappa shape index (κ3) is 4.76. The highest BCUT2D eigenvalue weighted by molar-refractivity contribution is 6.36. The van der Waals surface area contributed by atoms with E-state index < -0.39 is 0 Å². The molecule has 0 aliphatic rings. The van der Waals surface area contributed by atoms with E-state index in [-0.39, 0.29) is 0 Å². The molecule has 0 radical (unpaired) electrons. The van der Waals surface area contributed by atoms with Crippen molar-refractivity contribution in [2.24, 2.45) is 0 Å². The Labute approximate surface area is 343 Å². The number of fused-ring (bicyclic) bond motifs is 7. The highest BCUT2D eigenvalue weighted by Gasteiger charge is 2.26. The minimum Gasteiger partial charge on any atom is -0.309 e. The first-order valence-electron chi connectivity index (χ1n) is 20.2. The fourth-order valence-corrected chi connectivity index (χ4v) is 9.40. The molecule has 4 aromatic heterocycles. The Bertz CT molecular complexity index is 3810. The minimum atomic E-state index is 0.624. The van der Waals surface area contributed by atoms with E-state index >= 15 is 0 Å². The second-order valence-electron chi connectivity index (χ2n) is 15.4. The fraction of sp³-hybridized carbons (Fsp3) is 0. The summed E-state index contributed by atoms with van der Waals surface area (Å²) in [5, 5.41) is 9.42. The first-order chi connectivity index (χ1) is 29.8. The molecular weight excluding hydrogens is 733 g/mol. The van der Waals surface area contributed by atoms with Crippen LogP contribution in [0, 0.1) is 0 Å². The molecule has 0 aliphatic heterocycles. The van der Waals surface area contributed by atoms with Crippen molar-refractivity contribution < 1.29 is 0 Å². The van der Waals surface area contributed by atoms with Crippen LogP contribution in [-0.4, -0.2) is 28.9 Å². The number of nitrogens with zero attached hydrogens (tertiary/aromatic N) is 6. The van der Waals surface area contributed by atoms with Gasteiger partial charge in [-0.3, -0.25) is 4.40 Å². The Morgan fingerprint density at radius 1 is 0.333 bits per heavy atom. The van der Waals surface area contributed by atoms with E-state index in [1.54, 1.807) is 0 Å². The highest BCUT2D eigenvalue weighted by Crippen LogP contribution is 2.47. The Morgan fingerprint density at radius 3 is 1.67 bits per heavy atom.